The number of piperidine rings is 1. The Morgan fingerprint density at radius 3 is 2.52 bits per heavy atom. The van der Waals surface area contributed by atoms with Crippen LogP contribution in [0, 0.1) is 0 Å². The lowest BCUT2D eigenvalue weighted by Gasteiger charge is -2.39. The van der Waals surface area contributed by atoms with E-state index >= 15 is 0 Å². The topological polar surface area (TPSA) is 52.2 Å². The molecule has 1 aliphatic heterocycles. The zero-order valence-electron chi connectivity index (χ0n) is 15.0. The van der Waals surface area contributed by atoms with Gasteiger partial charge < -0.3 is 14.8 Å². The minimum atomic E-state index is -0.123. The smallest absolute Gasteiger partial charge is 0.250 e. The van der Waals surface area contributed by atoms with Gasteiger partial charge in [-0.25, -0.2) is 4.98 Å². The first-order valence-corrected chi connectivity index (χ1v) is 9.70. The molecule has 4 rings (SSSR count). The number of aromatic amines is 1. The van der Waals surface area contributed by atoms with Crippen LogP contribution in [0.5, 0.6) is 0 Å². The maximum Gasteiger partial charge on any atom is 0.250 e. The molecule has 1 N–H and O–H groups in total. The largest absolute Gasteiger partial charge is 0.371 e. The van der Waals surface area contributed by atoms with E-state index in [0.717, 1.165) is 47.8 Å². The Balaban J connectivity index is 1.54. The molecule has 3 aromatic rings. The molecule has 0 aliphatic carbocycles. The average molecular weight is 403 g/mol. The summed E-state index contributed by atoms with van der Waals surface area (Å²) in [6.45, 7) is 1.71. The van der Waals surface area contributed by atoms with Gasteiger partial charge >= 0.3 is 0 Å². The number of halogens is 2. The molecule has 0 spiro atoms. The molecule has 0 bridgehead atoms. The van der Waals surface area contributed by atoms with Crippen LogP contribution in [-0.4, -0.2) is 36.1 Å². The number of nitrogens with one attached hydrogen (secondary N) is 1. The Hall–Kier alpha value is -2.24. The van der Waals surface area contributed by atoms with E-state index in [1.807, 2.05) is 24.3 Å². The molecule has 27 heavy (non-hydrogen) atoms. The predicted molar refractivity (Wildman–Crippen MR) is 112 cm³/mol. The Kier molecular flexibility index (Phi) is 4.98. The standard InChI is InChI=1S/C20H20Cl2N4O/c1-25(14-4-2-13(21)3-5-14)15-8-10-26(11-9-15)17-12-19(27)23-16-6-7-18(22)24-20(16)17/h2-7,12,15H,8-11H2,1H3,(H,23,27). The summed E-state index contributed by atoms with van der Waals surface area (Å²) in [6, 6.07) is 13.5. The van der Waals surface area contributed by atoms with Gasteiger partial charge in [-0.2, -0.15) is 0 Å². The molecule has 7 heteroatoms. The molecule has 1 saturated heterocycles. The first-order valence-electron chi connectivity index (χ1n) is 8.94. The van der Waals surface area contributed by atoms with Gasteiger partial charge in [0.05, 0.1) is 11.2 Å². The highest BCUT2D eigenvalue weighted by molar-refractivity contribution is 6.30. The Morgan fingerprint density at radius 1 is 1.11 bits per heavy atom. The second-order valence-electron chi connectivity index (χ2n) is 6.85. The number of pyridine rings is 2. The molecule has 0 unspecified atom stereocenters. The van der Waals surface area contributed by atoms with Crippen LogP contribution >= 0.6 is 23.2 Å². The Labute approximate surface area is 167 Å². The summed E-state index contributed by atoms with van der Waals surface area (Å²) in [5.74, 6) is 0. The van der Waals surface area contributed by atoms with Crippen LogP contribution < -0.4 is 15.4 Å². The summed E-state index contributed by atoms with van der Waals surface area (Å²) in [6.07, 6.45) is 1.99. The van der Waals surface area contributed by atoms with Crippen molar-refractivity contribution in [3.63, 3.8) is 0 Å². The quantitative estimate of drug-likeness (QED) is 0.662. The van der Waals surface area contributed by atoms with Crippen molar-refractivity contribution in [2.24, 2.45) is 0 Å². The second-order valence-corrected chi connectivity index (χ2v) is 7.68. The van der Waals surface area contributed by atoms with Crippen LogP contribution in [0.15, 0.2) is 47.3 Å². The predicted octanol–water partition coefficient (Wildman–Crippen LogP) is 4.34. The van der Waals surface area contributed by atoms with Crippen LogP contribution in [0.2, 0.25) is 10.2 Å². The number of aromatic nitrogens is 2. The van der Waals surface area contributed by atoms with Gasteiger partial charge in [-0.05, 0) is 49.2 Å². The number of nitrogens with zero attached hydrogens (tertiary/aromatic N) is 3. The fraction of sp³-hybridized carbons (Fsp3) is 0.300. The van der Waals surface area contributed by atoms with Crippen LogP contribution in [0.4, 0.5) is 11.4 Å². The van der Waals surface area contributed by atoms with Crippen molar-refractivity contribution < 1.29 is 0 Å². The van der Waals surface area contributed by atoms with E-state index in [9.17, 15) is 4.79 Å². The van der Waals surface area contributed by atoms with Gasteiger partial charge in [0.25, 0.3) is 5.56 Å². The molecule has 140 valence electrons. The third-order valence-corrected chi connectivity index (χ3v) is 5.68. The number of benzene rings is 1. The number of H-pyrrole nitrogens is 1. The molecule has 3 heterocycles. The fourth-order valence-corrected chi connectivity index (χ4v) is 3.99. The van der Waals surface area contributed by atoms with Gasteiger partial charge in [-0.3, -0.25) is 4.79 Å². The zero-order valence-corrected chi connectivity index (χ0v) is 16.5. The molecule has 2 aromatic heterocycles. The van der Waals surface area contributed by atoms with Crippen molar-refractivity contribution in [2.75, 3.05) is 29.9 Å². The summed E-state index contributed by atoms with van der Waals surface area (Å²) in [7, 11) is 2.12. The van der Waals surface area contributed by atoms with Gasteiger partial charge in [-0.15, -0.1) is 0 Å². The summed E-state index contributed by atoms with van der Waals surface area (Å²) < 4.78 is 0. The van der Waals surface area contributed by atoms with Crippen LogP contribution in [0.1, 0.15) is 12.8 Å². The van der Waals surface area contributed by atoms with Gasteiger partial charge in [0.15, 0.2) is 0 Å². The second kappa shape index (κ2) is 7.41. The van der Waals surface area contributed by atoms with E-state index in [4.69, 9.17) is 23.2 Å². The third kappa shape index (κ3) is 3.75. The van der Waals surface area contributed by atoms with E-state index in [1.54, 1.807) is 18.2 Å². The maximum absolute atomic E-state index is 12.1. The highest BCUT2D eigenvalue weighted by Gasteiger charge is 2.24. The first-order chi connectivity index (χ1) is 13.0. The van der Waals surface area contributed by atoms with E-state index in [1.165, 1.54) is 0 Å². The lowest BCUT2D eigenvalue weighted by atomic mass is 10.0. The highest BCUT2D eigenvalue weighted by atomic mass is 35.5. The molecule has 0 atom stereocenters. The normalized spacial score (nSPS) is 15.3. The zero-order chi connectivity index (χ0) is 19.0. The monoisotopic (exact) mass is 402 g/mol. The van der Waals surface area contributed by atoms with E-state index in [2.05, 4.69) is 26.8 Å². The molecular formula is C20H20Cl2N4O. The van der Waals surface area contributed by atoms with E-state index in [-0.39, 0.29) is 5.56 Å². The molecule has 0 saturated carbocycles. The van der Waals surface area contributed by atoms with Crippen LogP contribution in [-0.2, 0) is 0 Å². The summed E-state index contributed by atoms with van der Waals surface area (Å²) >= 11 is 12.1. The lowest BCUT2D eigenvalue weighted by Crippen LogP contribution is -2.43. The van der Waals surface area contributed by atoms with E-state index < -0.39 is 0 Å². The molecule has 0 amide bonds. The van der Waals surface area contributed by atoms with Crippen molar-refractivity contribution in [1.29, 1.82) is 0 Å². The Bertz CT molecular complexity index is 1010. The molecular weight excluding hydrogens is 383 g/mol. The minimum absolute atomic E-state index is 0.123. The van der Waals surface area contributed by atoms with Gasteiger partial charge in [-0.1, -0.05) is 23.2 Å². The number of rotatable bonds is 3. The van der Waals surface area contributed by atoms with Crippen LogP contribution in [0.3, 0.4) is 0 Å². The number of hydrogen-bond donors (Lipinski definition) is 1. The summed E-state index contributed by atoms with van der Waals surface area (Å²) in [5.41, 5.74) is 3.34. The number of hydrogen-bond acceptors (Lipinski definition) is 4. The SMILES string of the molecule is CN(c1ccc(Cl)cc1)C1CCN(c2cc(=O)[nH]c3ccc(Cl)nc23)CC1. The molecule has 1 aromatic carbocycles. The summed E-state index contributed by atoms with van der Waals surface area (Å²) in [4.78, 5) is 23.8. The van der Waals surface area contributed by atoms with Crippen molar-refractivity contribution in [3.8, 4) is 0 Å². The van der Waals surface area contributed by atoms with Gasteiger partial charge in [0, 0.05) is 43.0 Å². The van der Waals surface area contributed by atoms with E-state index in [0.29, 0.717) is 16.7 Å². The lowest BCUT2D eigenvalue weighted by molar-refractivity contribution is 0.483. The van der Waals surface area contributed by atoms with Crippen LogP contribution in [0.25, 0.3) is 11.0 Å². The van der Waals surface area contributed by atoms with Crippen molar-refractivity contribution >= 4 is 45.6 Å². The molecule has 0 radical (unpaired) electrons. The number of fused-ring (bicyclic) bond motifs is 1. The van der Waals surface area contributed by atoms with Crippen molar-refractivity contribution in [2.45, 2.75) is 18.9 Å². The minimum Gasteiger partial charge on any atom is -0.371 e. The van der Waals surface area contributed by atoms with Gasteiger partial charge in [0.2, 0.25) is 0 Å². The van der Waals surface area contributed by atoms with Crippen molar-refractivity contribution in [3.05, 3.63) is 63.0 Å². The molecule has 5 nitrogen and oxygen atoms in total. The summed E-state index contributed by atoms with van der Waals surface area (Å²) in [5, 5.41) is 1.17. The average Bonchev–Trinajstić information content (AvgIpc) is 2.68. The third-order valence-electron chi connectivity index (χ3n) is 5.22. The molecule has 1 aliphatic rings. The fourth-order valence-electron chi connectivity index (χ4n) is 3.71. The molecule has 1 fully saturated rings. The number of anilines is 2. The van der Waals surface area contributed by atoms with Gasteiger partial charge in [0.1, 0.15) is 10.7 Å². The highest BCUT2D eigenvalue weighted by Crippen LogP contribution is 2.29. The maximum atomic E-state index is 12.1. The Morgan fingerprint density at radius 2 is 1.81 bits per heavy atom. The van der Waals surface area contributed by atoms with Crippen molar-refractivity contribution in [1.82, 2.24) is 9.97 Å². The first kappa shape index (κ1) is 18.1.